The number of hydrogen-bond acceptors (Lipinski definition) is 7. The first-order valence-corrected chi connectivity index (χ1v) is 13.5. The summed E-state index contributed by atoms with van der Waals surface area (Å²) in [4.78, 5) is 33.9. The second-order valence-electron chi connectivity index (χ2n) is 9.51. The molecule has 4 aromatic rings. The van der Waals surface area contributed by atoms with Crippen molar-refractivity contribution in [3.05, 3.63) is 105 Å². The van der Waals surface area contributed by atoms with Gasteiger partial charge < -0.3 is 24.3 Å². The number of fused-ring (bicyclic) bond motifs is 1. The summed E-state index contributed by atoms with van der Waals surface area (Å²) in [6.07, 6.45) is 2.14. The maximum absolute atomic E-state index is 13.8. The normalized spacial score (nSPS) is 14.8. The third-order valence-corrected chi connectivity index (χ3v) is 7.34. The number of aromatic nitrogens is 1. The lowest BCUT2D eigenvalue weighted by Gasteiger charge is -2.37. The zero-order valence-corrected chi connectivity index (χ0v) is 22.5. The van der Waals surface area contributed by atoms with E-state index in [1.165, 1.54) is 29.7 Å². The highest BCUT2D eigenvalue weighted by Crippen LogP contribution is 2.38. The molecule has 1 N–H and O–H groups in total. The van der Waals surface area contributed by atoms with Gasteiger partial charge in [-0.3, -0.25) is 9.59 Å². The van der Waals surface area contributed by atoms with Crippen molar-refractivity contribution in [2.45, 2.75) is 19.1 Å². The molecule has 0 aliphatic carbocycles. The zero-order chi connectivity index (χ0) is 27.4. The first-order chi connectivity index (χ1) is 18.9. The average molecular weight is 549 g/mol. The molecule has 1 aliphatic rings. The lowest BCUT2D eigenvalue weighted by atomic mass is 9.87. The first kappa shape index (κ1) is 26.6. The van der Waals surface area contributed by atoms with E-state index in [-0.39, 0.29) is 30.0 Å². The fourth-order valence-electron chi connectivity index (χ4n) is 4.56. The molecule has 1 unspecified atom stereocenters. The molecule has 10 heteroatoms. The van der Waals surface area contributed by atoms with Crippen LogP contribution in [0.4, 0.5) is 4.39 Å². The van der Waals surface area contributed by atoms with E-state index in [1.54, 1.807) is 34.5 Å². The molecule has 1 atom stereocenters. The van der Waals surface area contributed by atoms with Gasteiger partial charge in [0.05, 0.1) is 12.3 Å². The molecule has 0 saturated heterocycles. The molecule has 2 aromatic carbocycles. The molecular weight excluding hydrogens is 519 g/mol. The maximum atomic E-state index is 13.8. The fourth-order valence-corrected chi connectivity index (χ4v) is 5.24. The Balaban J connectivity index is 1.35. The minimum absolute atomic E-state index is 0.199. The number of furan rings is 1. The van der Waals surface area contributed by atoms with Crippen LogP contribution in [0.25, 0.3) is 0 Å². The summed E-state index contributed by atoms with van der Waals surface area (Å²) in [6.45, 7) is 1.98. The van der Waals surface area contributed by atoms with Gasteiger partial charge in [-0.25, -0.2) is 9.37 Å². The average Bonchev–Trinajstić information content (AvgIpc) is 3.64. The Morgan fingerprint density at radius 2 is 2.03 bits per heavy atom. The molecule has 1 aliphatic heterocycles. The van der Waals surface area contributed by atoms with E-state index in [9.17, 15) is 14.0 Å². The summed E-state index contributed by atoms with van der Waals surface area (Å²) in [5.41, 5.74) is 3.15. The van der Waals surface area contributed by atoms with Crippen LogP contribution in [0.5, 0.6) is 5.75 Å². The Morgan fingerprint density at radius 1 is 1.21 bits per heavy atom. The molecule has 2 aromatic heterocycles. The summed E-state index contributed by atoms with van der Waals surface area (Å²) in [5.74, 6) is 0.0793. The molecule has 0 spiro atoms. The van der Waals surface area contributed by atoms with Gasteiger partial charge in [-0.15, -0.1) is 11.3 Å². The van der Waals surface area contributed by atoms with Crippen molar-refractivity contribution in [2.75, 3.05) is 33.7 Å². The zero-order valence-electron chi connectivity index (χ0n) is 21.7. The van der Waals surface area contributed by atoms with Crippen LogP contribution < -0.4 is 10.1 Å². The van der Waals surface area contributed by atoms with Crippen LogP contribution in [-0.2, 0) is 13.0 Å². The van der Waals surface area contributed by atoms with Crippen molar-refractivity contribution in [1.29, 1.82) is 0 Å². The van der Waals surface area contributed by atoms with E-state index >= 15 is 0 Å². The van der Waals surface area contributed by atoms with Gasteiger partial charge in [0.25, 0.3) is 11.8 Å². The van der Waals surface area contributed by atoms with Crippen molar-refractivity contribution in [2.24, 2.45) is 0 Å². The Hall–Kier alpha value is -4.02. The van der Waals surface area contributed by atoms with Crippen molar-refractivity contribution < 1.29 is 23.1 Å². The van der Waals surface area contributed by atoms with Gasteiger partial charge in [0.1, 0.15) is 28.9 Å². The van der Waals surface area contributed by atoms with Crippen molar-refractivity contribution in [1.82, 2.24) is 20.1 Å². The number of hydrogen-bond donors (Lipinski definition) is 1. The third-order valence-electron chi connectivity index (χ3n) is 6.52. The number of benzene rings is 2. The number of nitrogens with one attached hydrogen (secondary N) is 1. The molecule has 39 heavy (non-hydrogen) atoms. The molecule has 0 bridgehead atoms. The number of nitrogens with zero attached hydrogens (tertiary/aromatic N) is 3. The number of carbonyl (C=O) groups excluding carboxylic acids is 2. The van der Waals surface area contributed by atoms with E-state index in [2.05, 4.69) is 10.3 Å². The highest BCUT2D eigenvalue weighted by Gasteiger charge is 2.34. The number of likely N-dealkylation sites (N-methyl/N-ethyl adjacent to an activating group) is 1. The minimum atomic E-state index is -0.437. The number of rotatable bonds is 9. The van der Waals surface area contributed by atoms with Crippen LogP contribution in [0.1, 0.15) is 48.8 Å². The summed E-state index contributed by atoms with van der Waals surface area (Å²) in [7, 11) is 3.89. The van der Waals surface area contributed by atoms with Crippen molar-refractivity contribution in [3.8, 4) is 5.75 Å². The molecule has 8 nitrogen and oxygen atoms in total. The predicted molar refractivity (Wildman–Crippen MR) is 145 cm³/mol. The van der Waals surface area contributed by atoms with Gasteiger partial charge in [0.2, 0.25) is 0 Å². The number of thiazole rings is 1. The molecule has 2 amide bonds. The SMILES string of the molecule is CN(C)CCNC(=O)c1csc(COc2ccc3c(c2)C(c2ccc(F)cc2)N(C(=O)c2ccco2)CC3)n1. The standard InChI is InChI=1S/C29H29FN4O4S/c1-33(2)14-12-31-28(35)24-18-39-26(32-24)17-38-22-10-7-19-11-13-34(29(36)25-4-3-15-37-25)27(23(19)16-22)20-5-8-21(30)9-6-20/h3-10,15-16,18,27H,11-14,17H2,1-2H3,(H,31,35). The quantitative estimate of drug-likeness (QED) is 0.331. The smallest absolute Gasteiger partial charge is 0.290 e. The Kier molecular flexibility index (Phi) is 8.04. The maximum Gasteiger partial charge on any atom is 0.290 e. The second-order valence-corrected chi connectivity index (χ2v) is 10.5. The molecular formula is C29H29FN4O4S. The van der Waals surface area contributed by atoms with E-state index in [0.29, 0.717) is 36.0 Å². The molecule has 0 fully saturated rings. The molecule has 5 rings (SSSR count). The Bertz CT molecular complexity index is 1440. The third kappa shape index (κ3) is 6.18. The van der Waals surface area contributed by atoms with Gasteiger partial charge in [0, 0.05) is 25.0 Å². The Labute approximate surface area is 230 Å². The molecule has 0 saturated carbocycles. The summed E-state index contributed by atoms with van der Waals surface area (Å²) in [5, 5.41) is 5.26. The van der Waals surface area contributed by atoms with Crippen molar-refractivity contribution in [3.63, 3.8) is 0 Å². The highest BCUT2D eigenvalue weighted by molar-refractivity contribution is 7.09. The lowest BCUT2D eigenvalue weighted by molar-refractivity contribution is 0.0661. The van der Waals surface area contributed by atoms with E-state index in [4.69, 9.17) is 9.15 Å². The van der Waals surface area contributed by atoms with Gasteiger partial charge in [-0.2, -0.15) is 0 Å². The number of halogens is 1. The fraction of sp³-hybridized carbons (Fsp3) is 0.276. The van der Waals surface area contributed by atoms with E-state index < -0.39 is 6.04 Å². The highest BCUT2D eigenvalue weighted by atomic mass is 32.1. The lowest BCUT2D eigenvalue weighted by Crippen LogP contribution is -2.40. The van der Waals surface area contributed by atoms with Crippen LogP contribution in [0, 0.1) is 5.82 Å². The van der Waals surface area contributed by atoms with Crippen LogP contribution in [0.2, 0.25) is 0 Å². The summed E-state index contributed by atoms with van der Waals surface area (Å²) >= 11 is 1.36. The van der Waals surface area contributed by atoms with E-state index in [0.717, 1.165) is 23.2 Å². The number of ether oxygens (including phenoxy) is 1. The van der Waals surface area contributed by atoms with Crippen LogP contribution in [0.3, 0.4) is 0 Å². The monoisotopic (exact) mass is 548 g/mol. The largest absolute Gasteiger partial charge is 0.486 e. The van der Waals surface area contributed by atoms with Gasteiger partial charge in [0.15, 0.2) is 5.76 Å². The molecule has 3 heterocycles. The van der Waals surface area contributed by atoms with Crippen LogP contribution in [-0.4, -0.2) is 60.3 Å². The summed E-state index contributed by atoms with van der Waals surface area (Å²) < 4.78 is 25.2. The van der Waals surface area contributed by atoms with Gasteiger partial charge in [-0.05, 0) is 73.6 Å². The molecule has 0 radical (unpaired) electrons. The topological polar surface area (TPSA) is 87.9 Å². The summed E-state index contributed by atoms with van der Waals surface area (Å²) in [6, 6.07) is 14.9. The van der Waals surface area contributed by atoms with E-state index in [1.807, 2.05) is 37.2 Å². The Morgan fingerprint density at radius 3 is 2.77 bits per heavy atom. The molecule has 202 valence electrons. The predicted octanol–water partition coefficient (Wildman–Crippen LogP) is 4.53. The van der Waals surface area contributed by atoms with Gasteiger partial charge in [-0.1, -0.05) is 18.2 Å². The minimum Gasteiger partial charge on any atom is -0.486 e. The van der Waals surface area contributed by atoms with Gasteiger partial charge >= 0.3 is 0 Å². The van der Waals surface area contributed by atoms with Crippen LogP contribution in [0.15, 0.2) is 70.7 Å². The number of carbonyl (C=O) groups is 2. The number of amides is 2. The van der Waals surface area contributed by atoms with Crippen molar-refractivity contribution >= 4 is 23.2 Å². The second kappa shape index (κ2) is 11.8. The van der Waals surface area contributed by atoms with Crippen LogP contribution >= 0.6 is 11.3 Å². The first-order valence-electron chi connectivity index (χ1n) is 12.6.